The van der Waals surface area contributed by atoms with Gasteiger partial charge in [-0.05, 0) is 17.7 Å². The topological polar surface area (TPSA) is 58.6 Å². The summed E-state index contributed by atoms with van der Waals surface area (Å²) in [5, 5.41) is 2.76. The van der Waals surface area contributed by atoms with E-state index in [0.717, 1.165) is 11.3 Å². The van der Waals surface area contributed by atoms with E-state index in [2.05, 4.69) is 5.32 Å². The third kappa shape index (κ3) is 2.62. The Morgan fingerprint density at radius 2 is 1.76 bits per heavy atom. The number of imide groups is 1. The first kappa shape index (κ1) is 11.6. The van der Waals surface area contributed by atoms with Crippen LogP contribution in [0.25, 0.3) is 0 Å². The number of ether oxygens (including phenoxy) is 1. The number of methoxy groups -OCH3 is 1. The van der Waals surface area contributed by atoms with Crippen molar-refractivity contribution < 1.29 is 14.3 Å². The fourth-order valence-electron chi connectivity index (χ4n) is 1.70. The van der Waals surface area contributed by atoms with E-state index in [-0.39, 0.29) is 24.9 Å². The number of carbonyl (C=O) groups is 2. The zero-order valence-electron chi connectivity index (χ0n) is 9.60. The average Bonchev–Trinajstić information content (AvgIpc) is 2.35. The molecule has 5 heteroatoms. The number of hydrogen-bond donors (Lipinski definition) is 1. The first-order valence-electron chi connectivity index (χ1n) is 5.37. The Kier molecular flexibility index (Phi) is 3.39. The molecule has 0 aliphatic carbocycles. The van der Waals surface area contributed by atoms with Gasteiger partial charge in [-0.3, -0.25) is 19.8 Å². The van der Waals surface area contributed by atoms with Gasteiger partial charge in [0.05, 0.1) is 26.7 Å². The largest absolute Gasteiger partial charge is 0.497 e. The highest BCUT2D eigenvalue weighted by atomic mass is 16.5. The Bertz CT molecular complexity index is 412. The molecule has 0 bridgehead atoms. The fraction of sp³-hybridized carbons (Fsp3) is 0.333. The quantitative estimate of drug-likeness (QED) is 0.756. The van der Waals surface area contributed by atoms with Crippen molar-refractivity contribution in [2.75, 3.05) is 20.2 Å². The molecule has 1 N–H and O–H groups in total. The summed E-state index contributed by atoms with van der Waals surface area (Å²) in [5.74, 6) is 0.390. The highest BCUT2D eigenvalue weighted by Crippen LogP contribution is 2.13. The Hall–Kier alpha value is -1.88. The zero-order valence-corrected chi connectivity index (χ0v) is 9.60. The first-order chi connectivity index (χ1) is 8.20. The van der Waals surface area contributed by atoms with Crippen molar-refractivity contribution in [1.82, 2.24) is 10.2 Å². The summed E-state index contributed by atoms with van der Waals surface area (Å²) >= 11 is 0. The lowest BCUT2D eigenvalue weighted by molar-refractivity contribution is -0.147. The molecule has 0 aromatic heterocycles. The highest BCUT2D eigenvalue weighted by molar-refractivity contribution is 5.99. The van der Waals surface area contributed by atoms with Gasteiger partial charge in [-0.1, -0.05) is 12.1 Å². The second-order valence-corrected chi connectivity index (χ2v) is 3.83. The Balaban J connectivity index is 2.08. The Morgan fingerprint density at radius 1 is 1.18 bits per heavy atom. The molecule has 2 amide bonds. The van der Waals surface area contributed by atoms with Gasteiger partial charge in [-0.25, -0.2) is 0 Å². The maximum Gasteiger partial charge on any atom is 0.243 e. The van der Waals surface area contributed by atoms with Crippen LogP contribution in [0.1, 0.15) is 5.56 Å². The predicted molar refractivity (Wildman–Crippen MR) is 61.4 cm³/mol. The second-order valence-electron chi connectivity index (χ2n) is 3.83. The number of nitrogens with one attached hydrogen (secondary N) is 1. The maximum absolute atomic E-state index is 11.6. The van der Waals surface area contributed by atoms with E-state index < -0.39 is 0 Å². The normalized spacial score (nSPS) is 16.2. The van der Waals surface area contributed by atoms with Gasteiger partial charge in [0.15, 0.2) is 0 Å². The van der Waals surface area contributed by atoms with Crippen molar-refractivity contribution in [3.63, 3.8) is 0 Å². The molecule has 0 unspecified atom stereocenters. The highest BCUT2D eigenvalue weighted by Gasteiger charge is 2.25. The molecular formula is C12H14N2O3. The lowest BCUT2D eigenvalue weighted by atomic mass is 10.2. The van der Waals surface area contributed by atoms with Crippen molar-refractivity contribution >= 4 is 11.8 Å². The number of carbonyl (C=O) groups excluding carboxylic acids is 2. The standard InChI is InChI=1S/C12H14N2O3/c1-17-10-4-2-9(3-5-10)8-14-11(15)6-13-7-12(14)16/h2-5,13H,6-8H2,1H3. The van der Waals surface area contributed by atoms with Crippen LogP contribution in [-0.4, -0.2) is 36.9 Å². The zero-order chi connectivity index (χ0) is 12.3. The Labute approximate surface area is 99.4 Å². The van der Waals surface area contributed by atoms with Gasteiger partial charge >= 0.3 is 0 Å². The van der Waals surface area contributed by atoms with Gasteiger partial charge in [0.1, 0.15) is 5.75 Å². The van der Waals surface area contributed by atoms with Crippen LogP contribution < -0.4 is 10.1 Å². The minimum Gasteiger partial charge on any atom is -0.497 e. The van der Waals surface area contributed by atoms with Crippen LogP contribution in [0.15, 0.2) is 24.3 Å². The van der Waals surface area contributed by atoms with Crippen molar-refractivity contribution in [3.05, 3.63) is 29.8 Å². The van der Waals surface area contributed by atoms with Crippen LogP contribution in [0, 0.1) is 0 Å². The van der Waals surface area contributed by atoms with Gasteiger partial charge < -0.3 is 4.74 Å². The van der Waals surface area contributed by atoms with Gasteiger partial charge in [0, 0.05) is 0 Å². The van der Waals surface area contributed by atoms with Crippen LogP contribution >= 0.6 is 0 Å². The summed E-state index contributed by atoms with van der Waals surface area (Å²) in [5.41, 5.74) is 0.911. The molecule has 5 nitrogen and oxygen atoms in total. The van der Waals surface area contributed by atoms with Gasteiger partial charge in [0.25, 0.3) is 0 Å². The van der Waals surface area contributed by atoms with E-state index in [1.807, 2.05) is 24.3 Å². The van der Waals surface area contributed by atoms with Crippen LogP contribution in [0.5, 0.6) is 5.75 Å². The van der Waals surface area contributed by atoms with Gasteiger partial charge in [0.2, 0.25) is 11.8 Å². The Morgan fingerprint density at radius 3 is 2.29 bits per heavy atom. The van der Waals surface area contributed by atoms with E-state index in [1.54, 1.807) is 7.11 Å². The van der Waals surface area contributed by atoms with Crippen molar-refractivity contribution in [3.8, 4) is 5.75 Å². The SMILES string of the molecule is COc1ccc(CN2C(=O)CNCC2=O)cc1. The van der Waals surface area contributed by atoms with Crippen molar-refractivity contribution in [1.29, 1.82) is 0 Å². The average molecular weight is 234 g/mol. The summed E-state index contributed by atoms with van der Waals surface area (Å²) in [6, 6.07) is 7.32. The molecule has 1 aliphatic rings. The number of piperazine rings is 1. The number of nitrogens with zero attached hydrogens (tertiary/aromatic N) is 1. The summed E-state index contributed by atoms with van der Waals surface area (Å²) in [7, 11) is 1.60. The maximum atomic E-state index is 11.6. The predicted octanol–water partition coefficient (Wildman–Crippen LogP) is 0.154. The van der Waals surface area contributed by atoms with E-state index in [1.165, 1.54) is 4.90 Å². The van der Waals surface area contributed by atoms with Crippen LogP contribution in [0.3, 0.4) is 0 Å². The molecule has 1 heterocycles. The number of rotatable bonds is 3. The summed E-state index contributed by atoms with van der Waals surface area (Å²) in [6.45, 7) is 0.771. The molecular weight excluding hydrogens is 220 g/mol. The molecule has 0 saturated carbocycles. The minimum absolute atomic E-state index is 0.183. The molecule has 1 aromatic carbocycles. The third-order valence-corrected chi connectivity index (χ3v) is 2.65. The molecule has 90 valence electrons. The molecule has 0 atom stereocenters. The summed E-state index contributed by atoms with van der Waals surface area (Å²) in [4.78, 5) is 24.4. The third-order valence-electron chi connectivity index (χ3n) is 2.65. The molecule has 0 spiro atoms. The lowest BCUT2D eigenvalue weighted by Crippen LogP contribution is -2.51. The fourth-order valence-corrected chi connectivity index (χ4v) is 1.70. The minimum atomic E-state index is -0.183. The molecule has 1 aliphatic heterocycles. The van der Waals surface area contributed by atoms with E-state index in [0.29, 0.717) is 6.54 Å². The number of benzene rings is 1. The van der Waals surface area contributed by atoms with E-state index >= 15 is 0 Å². The number of amides is 2. The van der Waals surface area contributed by atoms with Crippen molar-refractivity contribution in [2.24, 2.45) is 0 Å². The summed E-state index contributed by atoms with van der Waals surface area (Å²) in [6.07, 6.45) is 0. The molecule has 1 saturated heterocycles. The molecule has 0 radical (unpaired) electrons. The summed E-state index contributed by atoms with van der Waals surface area (Å²) < 4.78 is 5.04. The van der Waals surface area contributed by atoms with E-state index in [9.17, 15) is 9.59 Å². The molecule has 1 fully saturated rings. The van der Waals surface area contributed by atoms with E-state index in [4.69, 9.17) is 4.74 Å². The first-order valence-corrected chi connectivity index (χ1v) is 5.37. The van der Waals surface area contributed by atoms with Crippen molar-refractivity contribution in [2.45, 2.75) is 6.54 Å². The van der Waals surface area contributed by atoms with Crippen LogP contribution in [0.4, 0.5) is 0 Å². The van der Waals surface area contributed by atoms with Crippen LogP contribution in [-0.2, 0) is 16.1 Å². The van der Waals surface area contributed by atoms with Gasteiger partial charge in [-0.2, -0.15) is 0 Å². The van der Waals surface area contributed by atoms with Crippen LogP contribution in [0.2, 0.25) is 0 Å². The molecule has 2 rings (SSSR count). The number of hydrogen-bond acceptors (Lipinski definition) is 4. The second kappa shape index (κ2) is 4.97. The van der Waals surface area contributed by atoms with Gasteiger partial charge in [-0.15, -0.1) is 0 Å². The smallest absolute Gasteiger partial charge is 0.243 e. The lowest BCUT2D eigenvalue weighted by Gasteiger charge is -2.25. The molecule has 1 aromatic rings. The molecule has 17 heavy (non-hydrogen) atoms. The monoisotopic (exact) mass is 234 g/mol.